The summed E-state index contributed by atoms with van der Waals surface area (Å²) in [6.07, 6.45) is -0.522. The average Bonchev–Trinajstić information content (AvgIpc) is 2.99. The Morgan fingerprint density at radius 1 is 0.865 bits per heavy atom. The van der Waals surface area contributed by atoms with Gasteiger partial charge in [-0.3, -0.25) is 18.8 Å². The Labute approximate surface area is 302 Å². The zero-order valence-corrected chi connectivity index (χ0v) is 31.5. The third kappa shape index (κ3) is 12.5. The van der Waals surface area contributed by atoms with Crippen molar-refractivity contribution in [2.24, 2.45) is 10.7 Å². The van der Waals surface area contributed by atoms with Crippen LogP contribution in [0.3, 0.4) is 0 Å². The number of hydrogen-bond donors (Lipinski definition) is 3. The number of hydrogen-bond acceptors (Lipinski definition) is 10. The predicted octanol–water partition coefficient (Wildman–Crippen LogP) is 3.71. The fourth-order valence-corrected chi connectivity index (χ4v) is 5.57. The lowest BCUT2D eigenvalue weighted by molar-refractivity contribution is -0.156. The SMILES string of the molecule is CC(C)(C)OC(=O)/N=C(\N)N(Cc1ccc2cc(C(=O)NC[C@H](NS(=O)(=O)c3ccccc3)C(=O)OC(C)(C)C)cc(=O)n2c1)C(=O)OC(C)(C)C. The minimum Gasteiger partial charge on any atom is -0.459 e. The number of carbonyl (C=O) groups excluding carboxylic acids is 4. The number of sulfonamides is 1. The molecule has 2 aromatic heterocycles. The first-order chi connectivity index (χ1) is 23.8. The minimum absolute atomic E-state index is 0.0734. The van der Waals surface area contributed by atoms with Gasteiger partial charge in [-0.15, -0.1) is 4.99 Å². The van der Waals surface area contributed by atoms with Gasteiger partial charge in [-0.25, -0.2) is 22.9 Å². The van der Waals surface area contributed by atoms with E-state index >= 15 is 0 Å². The summed E-state index contributed by atoms with van der Waals surface area (Å²) in [6, 6.07) is 11.4. The van der Waals surface area contributed by atoms with Crippen LogP contribution in [0.5, 0.6) is 0 Å². The lowest BCUT2D eigenvalue weighted by Gasteiger charge is -2.27. The fourth-order valence-electron chi connectivity index (χ4n) is 4.37. The van der Waals surface area contributed by atoms with E-state index in [1.165, 1.54) is 47.0 Å². The summed E-state index contributed by atoms with van der Waals surface area (Å²) in [5.41, 5.74) is 3.28. The second kappa shape index (κ2) is 15.9. The van der Waals surface area contributed by atoms with E-state index in [0.29, 0.717) is 5.56 Å². The monoisotopic (exact) mass is 742 g/mol. The van der Waals surface area contributed by atoms with Crippen LogP contribution >= 0.6 is 0 Å². The summed E-state index contributed by atoms with van der Waals surface area (Å²) >= 11 is 0. The topological polar surface area (TPSA) is 217 Å². The maximum Gasteiger partial charge on any atom is 0.437 e. The van der Waals surface area contributed by atoms with Gasteiger partial charge < -0.3 is 25.3 Å². The van der Waals surface area contributed by atoms with E-state index in [1.807, 2.05) is 0 Å². The van der Waals surface area contributed by atoms with Gasteiger partial charge in [0.05, 0.1) is 11.4 Å². The van der Waals surface area contributed by atoms with Crippen molar-refractivity contribution in [2.45, 2.75) is 96.6 Å². The number of nitrogens with one attached hydrogen (secondary N) is 2. The Bertz CT molecular complexity index is 2010. The number of nitrogens with zero attached hydrogens (tertiary/aromatic N) is 3. The van der Waals surface area contributed by atoms with Crippen molar-refractivity contribution in [1.82, 2.24) is 19.3 Å². The summed E-state index contributed by atoms with van der Waals surface area (Å²) in [4.78, 5) is 69.4. The molecule has 0 aliphatic rings. The van der Waals surface area contributed by atoms with Crippen molar-refractivity contribution in [3.05, 3.63) is 82.3 Å². The van der Waals surface area contributed by atoms with Crippen molar-refractivity contribution in [3.63, 3.8) is 0 Å². The number of amides is 3. The lowest BCUT2D eigenvalue weighted by Crippen LogP contribution is -2.50. The molecule has 3 amide bonds. The van der Waals surface area contributed by atoms with Crippen LogP contribution in [0, 0.1) is 0 Å². The maximum atomic E-state index is 13.2. The van der Waals surface area contributed by atoms with Gasteiger partial charge in [-0.05, 0) is 92.1 Å². The predicted molar refractivity (Wildman–Crippen MR) is 192 cm³/mol. The van der Waals surface area contributed by atoms with Gasteiger partial charge in [0.25, 0.3) is 11.5 Å². The van der Waals surface area contributed by atoms with E-state index in [1.54, 1.807) is 74.4 Å². The molecule has 1 aromatic carbocycles. The molecule has 16 nitrogen and oxygen atoms in total. The van der Waals surface area contributed by atoms with Crippen molar-refractivity contribution in [2.75, 3.05) is 6.54 Å². The summed E-state index contributed by atoms with van der Waals surface area (Å²) < 4.78 is 45.5. The molecule has 0 radical (unpaired) electrons. The molecule has 17 heteroatoms. The van der Waals surface area contributed by atoms with Gasteiger partial charge in [0.1, 0.15) is 22.8 Å². The third-order valence-corrected chi connectivity index (χ3v) is 7.95. The van der Waals surface area contributed by atoms with E-state index in [4.69, 9.17) is 19.9 Å². The van der Waals surface area contributed by atoms with Crippen molar-refractivity contribution in [3.8, 4) is 0 Å². The smallest absolute Gasteiger partial charge is 0.437 e. The van der Waals surface area contributed by atoms with Crippen LogP contribution in [0.4, 0.5) is 9.59 Å². The Morgan fingerprint density at radius 2 is 1.46 bits per heavy atom. The van der Waals surface area contributed by atoms with Gasteiger partial charge in [-0.1, -0.05) is 24.3 Å². The highest BCUT2D eigenvalue weighted by molar-refractivity contribution is 7.89. The fraction of sp³-hybridized carbons (Fsp3) is 0.429. The number of aliphatic imine (C=N–C) groups is 1. The third-order valence-electron chi connectivity index (χ3n) is 6.46. The average molecular weight is 743 g/mol. The number of carbonyl (C=O) groups is 4. The molecule has 0 bridgehead atoms. The van der Waals surface area contributed by atoms with Crippen LogP contribution in [-0.4, -0.2) is 77.1 Å². The first-order valence-corrected chi connectivity index (χ1v) is 17.6. The molecular formula is C35H46N6O10S. The standard InChI is InChI=1S/C35H46N6O10S/c1-33(2,3)49-29(44)26(39-52(47,48)25-13-11-10-12-14-25)19-37-28(43)23-17-24-16-15-22(20-40(24)27(42)18-23)21-41(32(46)51-35(7,8)9)30(36)38-31(45)50-34(4,5)6/h10-18,20,26,39H,19,21H2,1-9H3,(H,37,43)(H2,36,38,45)/t26-/m0/s1. The second-order valence-corrected chi connectivity index (χ2v) is 16.4. The summed E-state index contributed by atoms with van der Waals surface area (Å²) in [7, 11) is -4.18. The highest BCUT2D eigenvalue weighted by Crippen LogP contribution is 2.16. The molecule has 3 aromatic rings. The number of rotatable bonds is 9. The van der Waals surface area contributed by atoms with Crippen molar-refractivity contribution in [1.29, 1.82) is 0 Å². The van der Waals surface area contributed by atoms with E-state index in [0.717, 1.165) is 11.0 Å². The first kappa shape index (κ1) is 41.1. The number of fused-ring (bicyclic) bond motifs is 1. The molecule has 0 saturated heterocycles. The molecule has 2 heterocycles. The molecule has 0 fully saturated rings. The molecule has 0 aliphatic heterocycles. The van der Waals surface area contributed by atoms with E-state index in [9.17, 15) is 32.4 Å². The molecule has 3 rings (SSSR count). The van der Waals surface area contributed by atoms with Crippen LogP contribution in [0.2, 0.25) is 0 Å². The van der Waals surface area contributed by atoms with Crippen LogP contribution in [0.15, 0.2) is 75.5 Å². The Morgan fingerprint density at radius 3 is 2.04 bits per heavy atom. The molecule has 0 unspecified atom stereocenters. The van der Waals surface area contributed by atoms with Gasteiger partial charge in [0.15, 0.2) is 0 Å². The van der Waals surface area contributed by atoms with E-state index in [-0.39, 0.29) is 22.5 Å². The molecule has 0 spiro atoms. The largest absolute Gasteiger partial charge is 0.459 e. The number of ether oxygens (including phenoxy) is 3. The van der Waals surface area contributed by atoms with Crippen LogP contribution in [0.25, 0.3) is 5.52 Å². The number of nitrogens with two attached hydrogens (primary N) is 1. The van der Waals surface area contributed by atoms with Crippen molar-refractivity contribution >= 4 is 45.6 Å². The Hall–Kier alpha value is -5.29. The highest BCUT2D eigenvalue weighted by Gasteiger charge is 2.31. The minimum atomic E-state index is -4.18. The van der Waals surface area contributed by atoms with E-state index in [2.05, 4.69) is 15.0 Å². The highest BCUT2D eigenvalue weighted by atomic mass is 32.2. The maximum absolute atomic E-state index is 13.2. The van der Waals surface area contributed by atoms with Gasteiger partial charge in [0, 0.05) is 29.9 Å². The number of pyridine rings is 2. The normalized spacial score (nSPS) is 13.2. The molecule has 282 valence electrons. The summed E-state index contributed by atoms with van der Waals surface area (Å²) in [6.45, 7) is 13.9. The van der Waals surface area contributed by atoms with Crippen molar-refractivity contribution < 1.29 is 41.8 Å². The molecule has 0 aliphatic carbocycles. The van der Waals surface area contributed by atoms with Gasteiger partial charge in [0.2, 0.25) is 16.0 Å². The van der Waals surface area contributed by atoms with Crippen LogP contribution < -0.4 is 21.3 Å². The quantitative estimate of drug-likeness (QED) is 0.124. The summed E-state index contributed by atoms with van der Waals surface area (Å²) in [5.74, 6) is -2.19. The number of esters is 1. The van der Waals surface area contributed by atoms with Crippen LogP contribution in [0.1, 0.15) is 78.2 Å². The molecular weight excluding hydrogens is 696 g/mol. The molecule has 1 atom stereocenters. The number of benzene rings is 1. The summed E-state index contributed by atoms with van der Waals surface area (Å²) in [5, 5.41) is 2.50. The number of guanidine groups is 1. The molecule has 52 heavy (non-hydrogen) atoms. The van der Waals surface area contributed by atoms with Gasteiger partial charge >= 0.3 is 18.2 Å². The first-order valence-electron chi connectivity index (χ1n) is 16.1. The van der Waals surface area contributed by atoms with E-state index < -0.39 is 75.0 Å². The Kier molecular flexibility index (Phi) is 12.6. The zero-order valence-electron chi connectivity index (χ0n) is 30.7. The molecule has 4 N–H and O–H groups in total. The molecule has 0 saturated carbocycles. The second-order valence-electron chi connectivity index (χ2n) is 14.7. The number of aromatic nitrogens is 1. The zero-order chi connectivity index (χ0) is 39.2. The lowest BCUT2D eigenvalue weighted by atomic mass is 10.1. The van der Waals surface area contributed by atoms with Crippen LogP contribution in [-0.2, 0) is 35.6 Å². The Balaban J connectivity index is 1.87. The van der Waals surface area contributed by atoms with Gasteiger partial charge in [-0.2, -0.15) is 4.72 Å².